The third-order valence-corrected chi connectivity index (χ3v) is 3.34. The van der Waals surface area contributed by atoms with Crippen molar-refractivity contribution in [1.29, 1.82) is 0 Å². The summed E-state index contributed by atoms with van der Waals surface area (Å²) in [5.74, 6) is -0.828. The van der Waals surface area contributed by atoms with Crippen molar-refractivity contribution in [2.75, 3.05) is 13.1 Å². The monoisotopic (exact) mass is 262 g/mol. The van der Waals surface area contributed by atoms with Crippen molar-refractivity contribution in [2.24, 2.45) is 5.92 Å². The van der Waals surface area contributed by atoms with Gasteiger partial charge in [0.2, 0.25) is 5.91 Å². The Morgan fingerprint density at radius 2 is 2.05 bits per heavy atom. The fraction of sp³-hybridized carbons (Fsp3) is 0.429. The molecule has 0 unspecified atom stereocenters. The van der Waals surface area contributed by atoms with Crippen LogP contribution in [0.25, 0.3) is 0 Å². The first-order chi connectivity index (χ1) is 9.16. The number of rotatable bonds is 4. The summed E-state index contributed by atoms with van der Waals surface area (Å²) in [6, 6.07) is 6.55. The van der Waals surface area contributed by atoms with Gasteiger partial charge in [0.05, 0.1) is 11.5 Å². The maximum Gasteiger partial charge on any atom is 0.335 e. The molecular formula is C14H18N2O3. The van der Waals surface area contributed by atoms with E-state index in [0.717, 1.165) is 31.5 Å². The lowest BCUT2D eigenvalue weighted by molar-refractivity contribution is -0.125. The molecule has 1 saturated heterocycles. The summed E-state index contributed by atoms with van der Waals surface area (Å²) < 4.78 is 0. The van der Waals surface area contributed by atoms with Crippen LogP contribution in [0, 0.1) is 5.92 Å². The molecule has 1 aliphatic rings. The molecule has 1 aliphatic heterocycles. The van der Waals surface area contributed by atoms with Gasteiger partial charge in [-0.05, 0) is 37.1 Å². The van der Waals surface area contributed by atoms with Crippen LogP contribution in [-0.4, -0.2) is 30.1 Å². The molecule has 1 heterocycles. The fourth-order valence-corrected chi connectivity index (χ4v) is 2.17. The van der Waals surface area contributed by atoms with Crippen LogP contribution >= 0.6 is 0 Å². The van der Waals surface area contributed by atoms with Gasteiger partial charge in [0.15, 0.2) is 0 Å². The maximum absolute atomic E-state index is 11.9. The fourth-order valence-electron chi connectivity index (χ4n) is 2.17. The number of carboxylic acids is 1. The van der Waals surface area contributed by atoms with E-state index in [0.29, 0.717) is 6.54 Å². The van der Waals surface area contributed by atoms with Crippen molar-refractivity contribution in [3.8, 4) is 0 Å². The van der Waals surface area contributed by atoms with Crippen molar-refractivity contribution in [1.82, 2.24) is 10.6 Å². The highest BCUT2D eigenvalue weighted by Crippen LogP contribution is 2.10. The Morgan fingerprint density at radius 3 is 2.63 bits per heavy atom. The summed E-state index contributed by atoms with van der Waals surface area (Å²) in [4.78, 5) is 22.6. The van der Waals surface area contributed by atoms with Gasteiger partial charge in [0.25, 0.3) is 0 Å². The number of amides is 1. The first-order valence-electron chi connectivity index (χ1n) is 6.47. The van der Waals surface area contributed by atoms with Crippen LogP contribution in [0.1, 0.15) is 28.8 Å². The minimum absolute atomic E-state index is 0.0482. The van der Waals surface area contributed by atoms with Crippen molar-refractivity contribution in [2.45, 2.75) is 19.4 Å². The number of hydrogen-bond donors (Lipinski definition) is 3. The Labute approximate surface area is 112 Å². The SMILES string of the molecule is O=C(O)c1ccc(CNC(=O)[C@@H]2CCCNC2)cc1. The van der Waals surface area contributed by atoms with E-state index in [-0.39, 0.29) is 17.4 Å². The van der Waals surface area contributed by atoms with Crippen molar-refractivity contribution in [3.63, 3.8) is 0 Å². The molecule has 5 nitrogen and oxygen atoms in total. The van der Waals surface area contributed by atoms with E-state index in [2.05, 4.69) is 10.6 Å². The average Bonchev–Trinajstić information content (AvgIpc) is 2.46. The molecule has 0 aromatic heterocycles. The predicted octanol–water partition coefficient (Wildman–Crippen LogP) is 1.00. The molecule has 0 spiro atoms. The van der Waals surface area contributed by atoms with E-state index in [1.807, 2.05) is 0 Å². The second kappa shape index (κ2) is 6.33. The Hall–Kier alpha value is -1.88. The Balaban J connectivity index is 1.84. The maximum atomic E-state index is 11.9. The second-order valence-corrected chi connectivity index (χ2v) is 4.76. The van der Waals surface area contributed by atoms with E-state index in [4.69, 9.17) is 5.11 Å². The van der Waals surface area contributed by atoms with E-state index < -0.39 is 5.97 Å². The molecule has 1 amide bonds. The van der Waals surface area contributed by atoms with Crippen molar-refractivity contribution >= 4 is 11.9 Å². The number of carbonyl (C=O) groups excluding carboxylic acids is 1. The van der Waals surface area contributed by atoms with Gasteiger partial charge in [-0.3, -0.25) is 4.79 Å². The summed E-state index contributed by atoms with van der Waals surface area (Å²) >= 11 is 0. The van der Waals surface area contributed by atoms with Gasteiger partial charge in [0.1, 0.15) is 0 Å². The number of piperidine rings is 1. The van der Waals surface area contributed by atoms with Gasteiger partial charge < -0.3 is 15.7 Å². The number of carboxylic acid groups (broad SMARTS) is 1. The molecule has 1 aromatic rings. The minimum atomic E-state index is -0.941. The summed E-state index contributed by atoms with van der Waals surface area (Å²) in [7, 11) is 0. The summed E-state index contributed by atoms with van der Waals surface area (Å²) in [6.45, 7) is 2.17. The molecule has 1 atom stereocenters. The highest BCUT2D eigenvalue weighted by Gasteiger charge is 2.20. The van der Waals surface area contributed by atoms with Gasteiger partial charge in [0, 0.05) is 13.1 Å². The first-order valence-corrected chi connectivity index (χ1v) is 6.47. The van der Waals surface area contributed by atoms with Crippen LogP contribution in [0.3, 0.4) is 0 Å². The molecule has 1 aromatic carbocycles. The van der Waals surface area contributed by atoms with Crippen LogP contribution < -0.4 is 10.6 Å². The highest BCUT2D eigenvalue weighted by molar-refractivity contribution is 5.87. The highest BCUT2D eigenvalue weighted by atomic mass is 16.4. The molecule has 102 valence electrons. The van der Waals surface area contributed by atoms with Crippen LogP contribution in [0.15, 0.2) is 24.3 Å². The van der Waals surface area contributed by atoms with Gasteiger partial charge in [-0.1, -0.05) is 12.1 Å². The van der Waals surface area contributed by atoms with Crippen molar-refractivity contribution in [3.05, 3.63) is 35.4 Å². The zero-order valence-corrected chi connectivity index (χ0v) is 10.7. The molecule has 0 aliphatic carbocycles. The third-order valence-electron chi connectivity index (χ3n) is 3.34. The number of benzene rings is 1. The lowest BCUT2D eigenvalue weighted by Crippen LogP contribution is -2.40. The number of aromatic carboxylic acids is 1. The molecule has 5 heteroatoms. The lowest BCUT2D eigenvalue weighted by atomic mass is 9.99. The van der Waals surface area contributed by atoms with E-state index >= 15 is 0 Å². The molecule has 3 N–H and O–H groups in total. The topological polar surface area (TPSA) is 78.4 Å². The van der Waals surface area contributed by atoms with Gasteiger partial charge in [-0.2, -0.15) is 0 Å². The van der Waals surface area contributed by atoms with Gasteiger partial charge >= 0.3 is 5.97 Å². The molecular weight excluding hydrogens is 244 g/mol. The quantitative estimate of drug-likeness (QED) is 0.756. The first kappa shape index (κ1) is 13.5. The Morgan fingerprint density at radius 1 is 1.32 bits per heavy atom. The summed E-state index contributed by atoms with van der Waals surface area (Å²) in [5.41, 5.74) is 1.16. The van der Waals surface area contributed by atoms with E-state index in [9.17, 15) is 9.59 Å². The molecule has 2 rings (SSSR count). The van der Waals surface area contributed by atoms with Gasteiger partial charge in [-0.25, -0.2) is 4.79 Å². The summed E-state index contributed by atoms with van der Waals surface area (Å²) in [5, 5.41) is 14.9. The zero-order valence-electron chi connectivity index (χ0n) is 10.7. The smallest absolute Gasteiger partial charge is 0.335 e. The standard InChI is InChI=1S/C14H18N2O3/c17-13(12-2-1-7-15-9-12)16-8-10-3-5-11(6-4-10)14(18)19/h3-6,12,15H,1-2,7-9H2,(H,16,17)(H,18,19)/t12-/m1/s1. The largest absolute Gasteiger partial charge is 0.478 e. The second-order valence-electron chi connectivity index (χ2n) is 4.76. The Bertz CT molecular complexity index is 450. The van der Waals surface area contributed by atoms with Crippen LogP contribution in [-0.2, 0) is 11.3 Å². The molecule has 19 heavy (non-hydrogen) atoms. The average molecular weight is 262 g/mol. The third kappa shape index (κ3) is 3.79. The van der Waals surface area contributed by atoms with Crippen molar-refractivity contribution < 1.29 is 14.7 Å². The normalized spacial score (nSPS) is 18.8. The van der Waals surface area contributed by atoms with E-state index in [1.165, 1.54) is 0 Å². The van der Waals surface area contributed by atoms with E-state index in [1.54, 1.807) is 24.3 Å². The number of nitrogens with one attached hydrogen (secondary N) is 2. The number of hydrogen-bond acceptors (Lipinski definition) is 3. The lowest BCUT2D eigenvalue weighted by Gasteiger charge is -2.21. The van der Waals surface area contributed by atoms with Crippen LogP contribution in [0.2, 0.25) is 0 Å². The molecule has 0 radical (unpaired) electrons. The zero-order chi connectivity index (χ0) is 13.7. The van der Waals surface area contributed by atoms with Crippen LogP contribution in [0.4, 0.5) is 0 Å². The van der Waals surface area contributed by atoms with Gasteiger partial charge in [-0.15, -0.1) is 0 Å². The van der Waals surface area contributed by atoms with Crippen LogP contribution in [0.5, 0.6) is 0 Å². The minimum Gasteiger partial charge on any atom is -0.478 e. The molecule has 0 saturated carbocycles. The number of carbonyl (C=O) groups is 2. The predicted molar refractivity (Wildman–Crippen MR) is 70.8 cm³/mol. The Kier molecular flexibility index (Phi) is 4.52. The summed E-state index contributed by atoms with van der Waals surface area (Å²) in [6.07, 6.45) is 1.96. The molecule has 0 bridgehead atoms. The molecule has 1 fully saturated rings.